The Labute approximate surface area is 62.8 Å². The summed E-state index contributed by atoms with van der Waals surface area (Å²) in [5.41, 5.74) is 0. The lowest BCUT2D eigenvalue weighted by molar-refractivity contribution is 0.353. The molecule has 0 bridgehead atoms. The van der Waals surface area contributed by atoms with Gasteiger partial charge < -0.3 is 9.79 Å². The fourth-order valence-corrected chi connectivity index (χ4v) is 0.950. The third-order valence-corrected chi connectivity index (χ3v) is 1.40. The summed E-state index contributed by atoms with van der Waals surface area (Å²) in [7, 11) is -4.46. The summed E-state index contributed by atoms with van der Waals surface area (Å²) in [5.74, 6) is 0. The summed E-state index contributed by atoms with van der Waals surface area (Å²) in [6.07, 6.45) is 2.14. The Kier molecular flexibility index (Phi) is 4.14. The number of nitrogens with one attached hydrogen (secondary N) is 1. The molecule has 1 atom stereocenters. The van der Waals surface area contributed by atoms with Crippen LogP contribution >= 0.6 is 7.75 Å². The minimum absolute atomic E-state index is 0.422. The van der Waals surface area contributed by atoms with Gasteiger partial charge in [0.25, 0.3) is 0 Å². The van der Waals surface area contributed by atoms with Crippen molar-refractivity contribution in [1.29, 1.82) is 0 Å². The maximum Gasteiger partial charge on any atom is 0.400 e. The third kappa shape index (κ3) is 5.87. The van der Waals surface area contributed by atoms with E-state index < -0.39 is 20.2 Å². The summed E-state index contributed by atoms with van der Waals surface area (Å²) in [6, 6.07) is -1.28. The van der Waals surface area contributed by atoms with Crippen molar-refractivity contribution in [3.05, 3.63) is 0 Å². The average Bonchev–Trinajstić information content (AvgIpc) is 1.84. The van der Waals surface area contributed by atoms with Crippen molar-refractivity contribution >= 4 is 20.3 Å². The molecule has 0 aliphatic heterocycles. The lowest BCUT2D eigenvalue weighted by atomic mass is 10.3. The van der Waals surface area contributed by atoms with Crippen molar-refractivity contribution in [2.75, 3.05) is 0 Å². The van der Waals surface area contributed by atoms with Gasteiger partial charge in [-0.25, -0.2) is 9.65 Å². The lowest BCUT2D eigenvalue weighted by Crippen LogP contribution is -2.27. The van der Waals surface area contributed by atoms with Crippen LogP contribution in [0.25, 0.3) is 0 Å². The van der Waals surface area contributed by atoms with E-state index in [2.05, 4.69) is 0 Å². The van der Waals surface area contributed by atoms with E-state index >= 15 is 0 Å². The molecule has 62 valence electrons. The Morgan fingerprint density at radius 2 is 2.00 bits per heavy atom. The van der Waals surface area contributed by atoms with E-state index in [1.807, 2.05) is 0 Å². The number of carbonyl (C=O) groups excluding carboxylic acids is 2. The van der Waals surface area contributed by atoms with Gasteiger partial charge >= 0.3 is 7.75 Å². The molecule has 0 aromatic heterocycles. The van der Waals surface area contributed by atoms with Crippen LogP contribution < -0.4 is 5.09 Å². The van der Waals surface area contributed by atoms with Gasteiger partial charge in [-0.05, 0) is 0 Å². The molecule has 0 aromatic carbocycles. The predicted molar refractivity (Wildman–Crippen MR) is 35.0 cm³/mol. The average molecular weight is 179 g/mol. The van der Waals surface area contributed by atoms with Crippen LogP contribution in [-0.4, -0.2) is 28.4 Å². The summed E-state index contributed by atoms with van der Waals surface area (Å²) in [5, 5.41) is 1.59. The van der Waals surface area contributed by atoms with Crippen LogP contribution in [0.5, 0.6) is 0 Å². The minimum atomic E-state index is -4.46. The van der Waals surface area contributed by atoms with Crippen LogP contribution in [0.4, 0.5) is 0 Å². The Hall–Kier alpha value is -0.550. The first kappa shape index (κ1) is 10.4. The molecule has 0 amide bonds. The molecule has 0 saturated heterocycles. The minimum Gasteiger partial charge on any atom is -0.313 e. The van der Waals surface area contributed by atoms with E-state index in [1.165, 1.54) is 12.6 Å². The van der Waals surface area contributed by atoms with Gasteiger partial charge in [-0.1, -0.05) is 0 Å². The van der Waals surface area contributed by atoms with Gasteiger partial charge in [0.2, 0.25) is 12.6 Å². The smallest absolute Gasteiger partial charge is 0.313 e. The number of rotatable bonds is 5. The zero-order valence-electron chi connectivity index (χ0n) is 5.35. The normalized spacial score (nSPS) is 14.0. The molecular formula is C4H6NO5P. The van der Waals surface area contributed by atoms with Crippen LogP contribution in [0.15, 0.2) is 0 Å². The van der Waals surface area contributed by atoms with E-state index in [-0.39, 0.29) is 0 Å². The molecule has 0 heterocycles. The van der Waals surface area contributed by atoms with Gasteiger partial charge in [0.05, 0.1) is 6.04 Å². The Morgan fingerprint density at radius 1 is 1.45 bits per heavy atom. The molecule has 3 N–H and O–H groups in total. The predicted octanol–water partition coefficient (Wildman–Crippen LogP) is -1.35. The number of hydrogen-bond donors (Lipinski definition) is 3. The standard InChI is InChI=1S/C4H6NO5P/c6-2-1-4(3-7)5-11(8,9)10/h4H,1H2,(H3,5,8,9,10). The van der Waals surface area contributed by atoms with E-state index in [0.29, 0.717) is 0 Å². The molecule has 0 rings (SSSR count). The van der Waals surface area contributed by atoms with Crippen molar-refractivity contribution in [2.45, 2.75) is 12.5 Å². The second-order valence-corrected chi connectivity index (χ2v) is 3.04. The second kappa shape index (κ2) is 4.35. The van der Waals surface area contributed by atoms with Crippen molar-refractivity contribution in [3.63, 3.8) is 0 Å². The van der Waals surface area contributed by atoms with E-state index in [1.54, 1.807) is 5.09 Å². The van der Waals surface area contributed by atoms with Crippen molar-refractivity contribution in [2.24, 2.45) is 0 Å². The summed E-state index contributed by atoms with van der Waals surface area (Å²) in [4.78, 5) is 36.0. The first-order valence-corrected chi connectivity index (χ1v) is 4.17. The van der Waals surface area contributed by atoms with E-state index in [4.69, 9.17) is 9.79 Å². The molecule has 1 unspecified atom stereocenters. The molecule has 0 spiro atoms. The largest absolute Gasteiger partial charge is 0.400 e. The van der Waals surface area contributed by atoms with E-state index in [9.17, 15) is 14.2 Å². The topological polar surface area (TPSA) is 104 Å². The molecule has 11 heavy (non-hydrogen) atoms. The van der Waals surface area contributed by atoms with Crippen molar-refractivity contribution in [1.82, 2.24) is 5.09 Å². The van der Waals surface area contributed by atoms with Crippen LogP contribution in [0, 0.1) is 0 Å². The lowest BCUT2D eigenvalue weighted by Gasteiger charge is -2.08. The number of hydrogen-bond acceptors (Lipinski definition) is 3. The zero-order chi connectivity index (χ0) is 8.91. The molecule has 6 nitrogen and oxygen atoms in total. The second-order valence-electron chi connectivity index (χ2n) is 1.69. The fourth-order valence-electron chi connectivity index (χ4n) is 0.400. The maximum atomic E-state index is 10.2. The molecule has 0 aliphatic carbocycles. The Morgan fingerprint density at radius 3 is 2.27 bits per heavy atom. The van der Waals surface area contributed by atoms with Crippen molar-refractivity contribution < 1.29 is 23.9 Å². The van der Waals surface area contributed by atoms with Crippen LogP contribution in [0.1, 0.15) is 6.42 Å². The van der Waals surface area contributed by atoms with Crippen LogP contribution in [-0.2, 0) is 14.2 Å². The molecule has 0 fully saturated rings. The highest BCUT2D eigenvalue weighted by molar-refractivity contribution is 7.49. The van der Waals surface area contributed by atoms with Crippen LogP contribution in [0.2, 0.25) is 0 Å². The monoisotopic (exact) mass is 179 g/mol. The highest BCUT2D eigenvalue weighted by atomic mass is 31.2. The Bertz CT molecular complexity index is 187. The summed E-state index contributed by atoms with van der Waals surface area (Å²) < 4.78 is 10.2. The van der Waals surface area contributed by atoms with Crippen LogP contribution in [0.3, 0.4) is 0 Å². The first-order chi connectivity index (χ1) is 4.99. The highest BCUT2D eigenvalue weighted by Gasteiger charge is 2.19. The molecule has 0 saturated carbocycles. The highest BCUT2D eigenvalue weighted by Crippen LogP contribution is 2.28. The van der Waals surface area contributed by atoms with Gasteiger partial charge in [0.1, 0.15) is 0 Å². The summed E-state index contributed by atoms with van der Waals surface area (Å²) >= 11 is 0. The van der Waals surface area contributed by atoms with Gasteiger partial charge in [-0.2, -0.15) is 0 Å². The molecule has 7 heteroatoms. The Balaban J connectivity index is 3.97. The summed E-state index contributed by atoms with van der Waals surface area (Å²) in [6.45, 7) is 0. The van der Waals surface area contributed by atoms with E-state index in [0.717, 1.165) is 0 Å². The van der Waals surface area contributed by atoms with Gasteiger partial charge in [-0.3, -0.25) is 9.59 Å². The third-order valence-electron chi connectivity index (χ3n) is 0.754. The SMILES string of the molecule is O=[C]CC([C]=O)NP(=O)(O)O. The molecule has 0 aliphatic rings. The van der Waals surface area contributed by atoms with Gasteiger partial charge in [-0.15, -0.1) is 0 Å². The molecule has 0 aromatic rings. The van der Waals surface area contributed by atoms with Crippen molar-refractivity contribution in [3.8, 4) is 0 Å². The first-order valence-electron chi connectivity index (χ1n) is 2.55. The van der Waals surface area contributed by atoms with Gasteiger partial charge in [0.15, 0.2) is 0 Å². The maximum absolute atomic E-state index is 10.2. The quantitative estimate of drug-likeness (QED) is 0.450. The zero-order valence-corrected chi connectivity index (χ0v) is 6.25. The fraction of sp³-hybridized carbons (Fsp3) is 0.500. The van der Waals surface area contributed by atoms with Gasteiger partial charge in [0, 0.05) is 6.42 Å². The molecule has 2 radical (unpaired) electrons. The molecular weight excluding hydrogens is 173 g/mol.